The smallest absolute Gasteiger partial charge is 0.311 e. The van der Waals surface area contributed by atoms with Crippen LogP contribution in [0.4, 0.5) is 5.82 Å². The van der Waals surface area contributed by atoms with Crippen molar-refractivity contribution in [3.05, 3.63) is 16.8 Å². The number of rotatable bonds is 2. The summed E-state index contributed by atoms with van der Waals surface area (Å²) in [6.45, 7) is 0. The van der Waals surface area contributed by atoms with Gasteiger partial charge in [-0.3, -0.25) is 4.79 Å². The average Bonchev–Trinajstić information content (AvgIpc) is 3.15. The third kappa shape index (κ3) is 3.77. The fourth-order valence-corrected chi connectivity index (χ4v) is 5.07. The van der Waals surface area contributed by atoms with Crippen LogP contribution in [-0.4, -0.2) is 46.1 Å². The molecule has 1 unspecified atom stereocenters. The third-order valence-electron chi connectivity index (χ3n) is 5.24. The molecule has 25 heavy (non-hydrogen) atoms. The van der Waals surface area contributed by atoms with E-state index in [-0.39, 0.29) is 0 Å². The Hall–Kier alpha value is -1.73. The molecule has 0 saturated heterocycles. The zero-order valence-corrected chi connectivity index (χ0v) is 15.7. The maximum atomic E-state index is 11.1. The minimum atomic E-state index is -0.790. The van der Waals surface area contributed by atoms with Crippen molar-refractivity contribution >= 4 is 33.3 Å². The summed E-state index contributed by atoms with van der Waals surface area (Å²) >= 11 is 1.53. The van der Waals surface area contributed by atoms with E-state index in [9.17, 15) is 4.79 Å². The molecule has 0 spiro atoms. The fourth-order valence-electron chi connectivity index (χ4n) is 3.84. The van der Waals surface area contributed by atoms with Crippen LogP contribution in [-0.2, 0) is 11.2 Å². The van der Waals surface area contributed by atoms with Gasteiger partial charge in [0.05, 0.1) is 11.3 Å². The number of nitrogens with two attached hydrogens (primary N) is 1. The molecule has 2 aliphatic carbocycles. The summed E-state index contributed by atoms with van der Waals surface area (Å²) in [6, 6.07) is 0.888. The van der Waals surface area contributed by atoms with Crippen molar-refractivity contribution in [3.63, 3.8) is 0 Å². The molecule has 6 nitrogen and oxygen atoms in total. The topological polar surface area (TPSA) is 92.3 Å². The van der Waals surface area contributed by atoms with Gasteiger partial charge in [-0.05, 0) is 45.3 Å². The summed E-state index contributed by atoms with van der Waals surface area (Å²) in [6.07, 6.45) is 10.1. The Morgan fingerprint density at radius 2 is 1.96 bits per heavy atom. The molecule has 1 atom stereocenters. The Morgan fingerprint density at radius 3 is 2.56 bits per heavy atom. The number of nitrogen functional groups attached to an aromatic ring is 1. The maximum absolute atomic E-state index is 11.1. The summed E-state index contributed by atoms with van der Waals surface area (Å²) < 4.78 is 0. The van der Waals surface area contributed by atoms with Crippen molar-refractivity contribution in [3.8, 4) is 0 Å². The van der Waals surface area contributed by atoms with Crippen LogP contribution in [0.2, 0.25) is 0 Å². The molecular formula is C18H26N4O2S. The first-order chi connectivity index (χ1) is 12.0. The Kier molecular flexibility index (Phi) is 5.54. The van der Waals surface area contributed by atoms with E-state index in [0.29, 0.717) is 12.2 Å². The Morgan fingerprint density at radius 1 is 1.24 bits per heavy atom. The molecule has 3 N–H and O–H groups in total. The second kappa shape index (κ2) is 7.66. The number of aromatic nitrogens is 2. The van der Waals surface area contributed by atoms with Gasteiger partial charge in [0.2, 0.25) is 0 Å². The van der Waals surface area contributed by atoms with Gasteiger partial charge < -0.3 is 15.7 Å². The minimum Gasteiger partial charge on any atom is -0.481 e. The molecule has 1 saturated carbocycles. The molecule has 2 heterocycles. The lowest BCUT2D eigenvalue weighted by molar-refractivity contribution is -0.138. The van der Waals surface area contributed by atoms with Crippen molar-refractivity contribution in [1.82, 2.24) is 14.9 Å². The van der Waals surface area contributed by atoms with E-state index in [1.54, 1.807) is 0 Å². The van der Waals surface area contributed by atoms with Gasteiger partial charge in [0.15, 0.2) is 0 Å². The van der Waals surface area contributed by atoms with Gasteiger partial charge in [-0.1, -0.05) is 19.3 Å². The number of fused-ring (bicyclic) bond motifs is 3. The van der Waals surface area contributed by atoms with Gasteiger partial charge in [-0.2, -0.15) is 0 Å². The van der Waals surface area contributed by atoms with E-state index in [1.807, 2.05) is 0 Å². The Balaban J connectivity index is 0.000000173. The summed E-state index contributed by atoms with van der Waals surface area (Å²) in [7, 11) is 4.38. The lowest BCUT2D eigenvalue weighted by Crippen LogP contribution is -2.29. The molecule has 2 aliphatic rings. The number of aliphatic carboxylic acids is 1. The quantitative estimate of drug-likeness (QED) is 0.852. The molecule has 0 aliphatic heterocycles. The van der Waals surface area contributed by atoms with E-state index < -0.39 is 11.9 Å². The molecule has 0 amide bonds. The number of hydrogen-bond donors (Lipinski definition) is 2. The molecule has 4 rings (SSSR count). The lowest BCUT2D eigenvalue weighted by Gasteiger charge is -2.27. The van der Waals surface area contributed by atoms with Crippen molar-refractivity contribution in [2.45, 2.75) is 56.9 Å². The predicted molar refractivity (Wildman–Crippen MR) is 101 cm³/mol. The monoisotopic (exact) mass is 362 g/mol. The van der Waals surface area contributed by atoms with Crippen LogP contribution in [0, 0.1) is 0 Å². The van der Waals surface area contributed by atoms with E-state index in [2.05, 4.69) is 29.0 Å². The average molecular weight is 362 g/mol. The van der Waals surface area contributed by atoms with Gasteiger partial charge in [0.1, 0.15) is 17.0 Å². The predicted octanol–water partition coefficient (Wildman–Crippen LogP) is 3.27. The number of hydrogen-bond acceptors (Lipinski definition) is 6. The number of carboxylic acids is 1. The molecule has 2 aromatic heterocycles. The maximum Gasteiger partial charge on any atom is 0.311 e. The SMILES string of the molecule is CN(C)C1CCCCC1.Nc1ncnc2sc3c(c12)C(C(=O)O)CC3. The van der Waals surface area contributed by atoms with Crippen molar-refractivity contribution in [2.75, 3.05) is 19.8 Å². The third-order valence-corrected chi connectivity index (χ3v) is 6.42. The van der Waals surface area contributed by atoms with Gasteiger partial charge in [-0.25, -0.2) is 9.97 Å². The van der Waals surface area contributed by atoms with Crippen LogP contribution in [0.5, 0.6) is 0 Å². The minimum absolute atomic E-state index is 0.385. The number of nitrogens with zero attached hydrogens (tertiary/aromatic N) is 3. The number of aryl methyl sites for hydroxylation is 1. The van der Waals surface area contributed by atoms with E-state index in [0.717, 1.165) is 33.1 Å². The highest BCUT2D eigenvalue weighted by molar-refractivity contribution is 7.19. The van der Waals surface area contributed by atoms with Crippen LogP contribution in [0.15, 0.2) is 6.33 Å². The van der Waals surface area contributed by atoms with Gasteiger partial charge in [-0.15, -0.1) is 11.3 Å². The summed E-state index contributed by atoms with van der Waals surface area (Å²) in [4.78, 5) is 23.5. The van der Waals surface area contributed by atoms with Crippen molar-refractivity contribution in [1.29, 1.82) is 0 Å². The summed E-state index contributed by atoms with van der Waals surface area (Å²) in [5, 5.41) is 9.89. The molecule has 7 heteroatoms. The zero-order chi connectivity index (χ0) is 18.0. The van der Waals surface area contributed by atoms with Gasteiger partial charge in [0, 0.05) is 10.9 Å². The largest absolute Gasteiger partial charge is 0.481 e. The standard InChI is InChI=1S/C10H9N3O2S.C8H17N/c11-8-7-6-4(10(14)15)1-2-5(6)16-9(7)13-3-12-8;1-9(2)8-6-4-3-5-7-8/h3-4H,1-2H2,(H,14,15)(H2,11,12,13);8H,3-7H2,1-2H3. The zero-order valence-electron chi connectivity index (χ0n) is 14.9. The summed E-state index contributed by atoms with van der Waals surface area (Å²) in [5.74, 6) is -0.852. The molecule has 0 bridgehead atoms. The van der Waals surface area contributed by atoms with E-state index in [1.165, 1.54) is 49.8 Å². The van der Waals surface area contributed by atoms with E-state index >= 15 is 0 Å². The van der Waals surface area contributed by atoms with Gasteiger partial charge >= 0.3 is 5.97 Å². The Bertz CT molecular complexity index is 753. The lowest BCUT2D eigenvalue weighted by atomic mass is 9.95. The van der Waals surface area contributed by atoms with Crippen molar-refractivity contribution < 1.29 is 9.90 Å². The highest BCUT2D eigenvalue weighted by atomic mass is 32.1. The second-order valence-corrected chi connectivity index (χ2v) is 8.15. The molecule has 0 aromatic carbocycles. The first-order valence-corrected chi connectivity index (χ1v) is 9.71. The number of anilines is 1. The normalized spacial score (nSPS) is 20.4. The molecule has 1 fully saturated rings. The molecule has 0 radical (unpaired) electrons. The second-order valence-electron chi connectivity index (χ2n) is 7.06. The highest BCUT2D eigenvalue weighted by Gasteiger charge is 2.33. The molecule has 136 valence electrons. The first-order valence-electron chi connectivity index (χ1n) is 8.90. The van der Waals surface area contributed by atoms with Crippen LogP contribution >= 0.6 is 11.3 Å². The highest BCUT2D eigenvalue weighted by Crippen LogP contribution is 2.44. The van der Waals surface area contributed by atoms with Crippen LogP contribution < -0.4 is 5.73 Å². The molecular weight excluding hydrogens is 336 g/mol. The van der Waals surface area contributed by atoms with Crippen molar-refractivity contribution in [2.24, 2.45) is 0 Å². The Labute approximate surface area is 152 Å². The number of carboxylic acid groups (broad SMARTS) is 1. The fraction of sp³-hybridized carbons (Fsp3) is 0.611. The van der Waals surface area contributed by atoms with Crippen LogP contribution in [0.3, 0.4) is 0 Å². The summed E-state index contributed by atoms with van der Waals surface area (Å²) in [5.41, 5.74) is 6.64. The van der Waals surface area contributed by atoms with Crippen LogP contribution in [0.25, 0.3) is 10.2 Å². The number of carbonyl (C=O) groups is 1. The number of thiophene rings is 1. The van der Waals surface area contributed by atoms with Crippen LogP contribution in [0.1, 0.15) is 54.9 Å². The van der Waals surface area contributed by atoms with E-state index in [4.69, 9.17) is 10.8 Å². The molecule has 2 aromatic rings. The first kappa shape index (κ1) is 18.1. The van der Waals surface area contributed by atoms with Gasteiger partial charge in [0.25, 0.3) is 0 Å².